The number of amides is 2. The standard InChI is InChI=1S/C23H25N3O6S/c1-23(2,3)24-22(27)25-33(29,30)21-15-26(28)13-12-20(21)32-19-7-5-6-17(14-19)16-8-10-18(31-4)11-9-16/h5-15H,1-4H3,(H2-,24,25,27,28)/p+1. The molecule has 10 heteroatoms. The van der Waals surface area contributed by atoms with E-state index in [-0.39, 0.29) is 5.75 Å². The van der Waals surface area contributed by atoms with Gasteiger partial charge in [0, 0.05) is 10.3 Å². The van der Waals surface area contributed by atoms with Crippen LogP contribution in [0.15, 0.2) is 71.9 Å². The molecule has 9 nitrogen and oxygen atoms in total. The van der Waals surface area contributed by atoms with Gasteiger partial charge in [-0.25, -0.2) is 17.9 Å². The van der Waals surface area contributed by atoms with Crippen molar-refractivity contribution in [2.75, 3.05) is 7.11 Å². The minimum Gasteiger partial charge on any atom is -0.497 e. The molecule has 3 N–H and O–H groups in total. The van der Waals surface area contributed by atoms with Crippen molar-refractivity contribution < 1.29 is 32.6 Å². The molecule has 3 aromatic rings. The van der Waals surface area contributed by atoms with Gasteiger partial charge in [0.1, 0.15) is 11.5 Å². The van der Waals surface area contributed by atoms with E-state index in [0.29, 0.717) is 10.5 Å². The summed E-state index contributed by atoms with van der Waals surface area (Å²) in [6, 6.07) is 14.9. The van der Waals surface area contributed by atoms with Crippen LogP contribution in [0, 0.1) is 0 Å². The van der Waals surface area contributed by atoms with Gasteiger partial charge in [-0.1, -0.05) is 24.3 Å². The second kappa shape index (κ2) is 9.37. The Hall–Kier alpha value is -3.79. The number of nitrogens with one attached hydrogen (secondary N) is 2. The third kappa shape index (κ3) is 6.36. The summed E-state index contributed by atoms with van der Waals surface area (Å²) in [5.74, 6) is 1.03. The molecule has 1 heterocycles. The molecule has 0 aliphatic heterocycles. The number of carbonyl (C=O) groups excluding carboxylic acids is 1. The lowest BCUT2D eigenvalue weighted by atomic mass is 10.1. The zero-order valence-electron chi connectivity index (χ0n) is 18.7. The highest BCUT2D eigenvalue weighted by molar-refractivity contribution is 7.90. The number of pyridine rings is 1. The van der Waals surface area contributed by atoms with E-state index in [9.17, 15) is 18.4 Å². The molecule has 0 bridgehead atoms. The van der Waals surface area contributed by atoms with Crippen molar-refractivity contribution in [1.29, 1.82) is 0 Å². The van der Waals surface area contributed by atoms with Crippen LogP contribution in [0.1, 0.15) is 20.8 Å². The quantitative estimate of drug-likeness (QED) is 0.374. The minimum absolute atomic E-state index is 0.0664. The molecule has 174 valence electrons. The number of ether oxygens (including phenoxy) is 2. The van der Waals surface area contributed by atoms with Gasteiger partial charge in [0.15, 0.2) is 10.6 Å². The van der Waals surface area contributed by atoms with Crippen molar-refractivity contribution in [2.24, 2.45) is 0 Å². The second-order valence-corrected chi connectivity index (χ2v) is 9.87. The van der Waals surface area contributed by atoms with Gasteiger partial charge in [-0.2, -0.15) is 0 Å². The van der Waals surface area contributed by atoms with Crippen LogP contribution < -0.4 is 24.2 Å². The van der Waals surface area contributed by atoms with Gasteiger partial charge >= 0.3 is 6.03 Å². The monoisotopic (exact) mass is 472 g/mol. The molecule has 0 aliphatic carbocycles. The molecular weight excluding hydrogens is 446 g/mol. The van der Waals surface area contributed by atoms with E-state index >= 15 is 0 Å². The molecule has 0 aliphatic rings. The predicted molar refractivity (Wildman–Crippen MR) is 121 cm³/mol. The molecule has 0 unspecified atom stereocenters. The number of benzene rings is 2. The first-order chi connectivity index (χ1) is 15.5. The Morgan fingerprint density at radius 3 is 2.33 bits per heavy atom. The molecule has 0 radical (unpaired) electrons. The minimum atomic E-state index is -4.36. The highest BCUT2D eigenvalue weighted by atomic mass is 32.2. The van der Waals surface area contributed by atoms with Crippen molar-refractivity contribution in [1.82, 2.24) is 10.0 Å². The molecule has 33 heavy (non-hydrogen) atoms. The fourth-order valence-electron chi connectivity index (χ4n) is 2.93. The number of hydrogen-bond acceptors (Lipinski definition) is 6. The number of aromatic nitrogens is 1. The average molecular weight is 473 g/mol. The van der Waals surface area contributed by atoms with Crippen molar-refractivity contribution in [3.05, 3.63) is 67.0 Å². The lowest BCUT2D eigenvalue weighted by Crippen LogP contribution is -2.48. The van der Waals surface area contributed by atoms with Gasteiger partial charge < -0.3 is 14.8 Å². The normalized spacial score (nSPS) is 11.5. The summed E-state index contributed by atoms with van der Waals surface area (Å²) in [7, 11) is -2.77. The Bertz CT molecular complexity index is 1250. The zero-order valence-corrected chi connectivity index (χ0v) is 19.5. The topological polar surface area (TPSA) is 118 Å². The van der Waals surface area contributed by atoms with Gasteiger partial charge in [-0.05, 0) is 56.2 Å². The van der Waals surface area contributed by atoms with Gasteiger partial charge in [-0.15, -0.1) is 0 Å². The first-order valence-corrected chi connectivity index (χ1v) is 11.5. The number of urea groups is 1. The van der Waals surface area contributed by atoms with Crippen LogP contribution in [0.5, 0.6) is 17.2 Å². The van der Waals surface area contributed by atoms with Crippen LogP contribution in [0.3, 0.4) is 0 Å². The Morgan fingerprint density at radius 2 is 1.70 bits per heavy atom. The molecule has 0 atom stereocenters. The Balaban J connectivity index is 1.90. The Morgan fingerprint density at radius 1 is 1.00 bits per heavy atom. The molecule has 0 spiro atoms. The molecule has 0 saturated heterocycles. The third-order valence-corrected chi connectivity index (χ3v) is 5.70. The van der Waals surface area contributed by atoms with E-state index in [0.717, 1.165) is 23.1 Å². The summed E-state index contributed by atoms with van der Waals surface area (Å²) in [6.07, 6.45) is 2.16. The third-order valence-electron chi connectivity index (χ3n) is 4.36. The zero-order chi connectivity index (χ0) is 24.2. The van der Waals surface area contributed by atoms with E-state index in [4.69, 9.17) is 9.47 Å². The summed E-state index contributed by atoms with van der Waals surface area (Å²) in [6.45, 7) is 5.15. The van der Waals surface area contributed by atoms with E-state index in [1.165, 1.54) is 12.3 Å². The van der Waals surface area contributed by atoms with Crippen LogP contribution >= 0.6 is 0 Å². The summed E-state index contributed by atoms with van der Waals surface area (Å²) < 4.78 is 39.2. The molecule has 2 aromatic carbocycles. The highest BCUT2D eigenvalue weighted by Gasteiger charge is 2.28. The van der Waals surface area contributed by atoms with E-state index in [2.05, 4.69) is 5.32 Å². The number of sulfonamides is 1. The van der Waals surface area contributed by atoms with E-state index < -0.39 is 26.5 Å². The molecule has 0 fully saturated rings. The first kappa shape index (κ1) is 23.9. The fraction of sp³-hybridized carbons (Fsp3) is 0.217. The van der Waals surface area contributed by atoms with Crippen LogP contribution in [0.4, 0.5) is 4.79 Å². The molecule has 0 saturated carbocycles. The molecule has 2 amide bonds. The van der Waals surface area contributed by atoms with Crippen molar-refractivity contribution >= 4 is 16.1 Å². The predicted octanol–water partition coefficient (Wildman–Crippen LogP) is 3.47. The van der Waals surface area contributed by atoms with Crippen LogP contribution in [0.25, 0.3) is 11.1 Å². The lowest BCUT2D eigenvalue weighted by Gasteiger charge is -2.20. The van der Waals surface area contributed by atoms with Crippen molar-refractivity contribution in [3.8, 4) is 28.4 Å². The number of carbonyl (C=O) groups is 1. The largest absolute Gasteiger partial charge is 0.497 e. The lowest BCUT2D eigenvalue weighted by molar-refractivity contribution is -0.906. The summed E-state index contributed by atoms with van der Waals surface area (Å²) in [5, 5.41) is 12.3. The molecule has 1 aromatic heterocycles. The van der Waals surface area contributed by atoms with Crippen LogP contribution in [-0.4, -0.2) is 32.3 Å². The maximum atomic E-state index is 12.9. The Kier molecular flexibility index (Phi) is 6.78. The fourth-order valence-corrected chi connectivity index (χ4v) is 3.96. The summed E-state index contributed by atoms with van der Waals surface area (Å²) in [5.41, 5.74) is 1.11. The SMILES string of the molecule is COc1ccc(-c2cccc(Oc3cc[n+](O)cc3S(=O)(=O)NC(=O)NC(C)(C)C)c2)cc1. The highest BCUT2D eigenvalue weighted by Crippen LogP contribution is 2.31. The van der Waals surface area contributed by atoms with Gasteiger partial charge in [-0.3, -0.25) is 5.21 Å². The van der Waals surface area contributed by atoms with Crippen molar-refractivity contribution in [2.45, 2.75) is 31.2 Å². The summed E-state index contributed by atoms with van der Waals surface area (Å²) >= 11 is 0. The first-order valence-electron chi connectivity index (χ1n) is 9.99. The molecule has 3 rings (SSSR count). The maximum absolute atomic E-state index is 12.9. The number of methoxy groups -OCH3 is 1. The number of nitrogens with zero attached hydrogens (tertiary/aromatic N) is 1. The van der Waals surface area contributed by atoms with Crippen molar-refractivity contribution in [3.63, 3.8) is 0 Å². The average Bonchev–Trinajstić information content (AvgIpc) is 2.73. The van der Waals surface area contributed by atoms with Gasteiger partial charge in [0.2, 0.25) is 12.4 Å². The number of hydrogen-bond donors (Lipinski definition) is 3. The van der Waals surface area contributed by atoms with E-state index in [1.807, 2.05) is 35.1 Å². The van der Waals surface area contributed by atoms with Crippen LogP contribution in [0.2, 0.25) is 0 Å². The summed E-state index contributed by atoms with van der Waals surface area (Å²) in [4.78, 5) is 11.7. The van der Waals surface area contributed by atoms with Gasteiger partial charge in [0.25, 0.3) is 10.0 Å². The Labute approximate surface area is 192 Å². The smallest absolute Gasteiger partial charge is 0.329 e. The van der Waals surface area contributed by atoms with E-state index in [1.54, 1.807) is 46.1 Å². The molecular formula is C23H26N3O6S+. The number of rotatable bonds is 6. The van der Waals surface area contributed by atoms with Gasteiger partial charge in [0.05, 0.1) is 13.2 Å². The maximum Gasteiger partial charge on any atom is 0.329 e. The second-order valence-electron chi connectivity index (χ2n) is 8.22. The van der Waals surface area contributed by atoms with Crippen LogP contribution in [-0.2, 0) is 10.0 Å².